The van der Waals surface area contributed by atoms with Crippen molar-refractivity contribution in [3.8, 4) is 0 Å². The minimum atomic E-state index is -0.767. The van der Waals surface area contributed by atoms with Crippen LogP contribution in [-0.2, 0) is 25.5 Å². The number of nitrogens with one attached hydrogen (secondary N) is 3. The van der Waals surface area contributed by atoms with Crippen LogP contribution in [0.15, 0.2) is 30.4 Å². The summed E-state index contributed by atoms with van der Waals surface area (Å²) in [4.78, 5) is 45.5. The maximum Gasteiger partial charge on any atom is 0.247 e. The first kappa shape index (κ1) is 31.7. The summed E-state index contributed by atoms with van der Waals surface area (Å²) in [5.74, 6) is -0.185. The van der Waals surface area contributed by atoms with Gasteiger partial charge in [-0.15, -0.1) is 11.3 Å². The smallest absolute Gasteiger partial charge is 0.247 e. The summed E-state index contributed by atoms with van der Waals surface area (Å²) in [7, 11) is 0. The van der Waals surface area contributed by atoms with Gasteiger partial charge in [0.15, 0.2) is 0 Å². The molecular weight excluding hydrogens is 526 g/mol. The quantitative estimate of drug-likeness (QED) is 0.300. The molecule has 0 saturated carbocycles. The third-order valence-electron chi connectivity index (χ3n) is 7.46. The molecule has 3 amide bonds. The van der Waals surface area contributed by atoms with Gasteiger partial charge in [0.25, 0.3) is 0 Å². The van der Waals surface area contributed by atoms with Crippen LogP contribution in [0.3, 0.4) is 0 Å². The highest BCUT2D eigenvalue weighted by atomic mass is 32.1. The van der Waals surface area contributed by atoms with Gasteiger partial charge in [-0.3, -0.25) is 19.3 Å². The summed E-state index contributed by atoms with van der Waals surface area (Å²) < 4.78 is 6.44. The number of rotatable bonds is 14. The second-order valence-electron chi connectivity index (χ2n) is 10.9. The predicted molar refractivity (Wildman–Crippen MR) is 160 cm³/mol. The van der Waals surface area contributed by atoms with Crippen LogP contribution in [0, 0.1) is 5.92 Å². The Hall–Kier alpha value is -2.82. The number of carbonyl (C=O) groups is 3. The number of hydrogen-bond donors (Lipinski definition) is 3. The number of carbonyl (C=O) groups excluding carboxylic acids is 3. The molecule has 2 aromatic rings. The van der Waals surface area contributed by atoms with Crippen molar-refractivity contribution in [2.75, 3.05) is 39.4 Å². The van der Waals surface area contributed by atoms with Gasteiger partial charge in [0.2, 0.25) is 17.7 Å². The highest BCUT2D eigenvalue weighted by Crippen LogP contribution is 2.27. The van der Waals surface area contributed by atoms with Crippen molar-refractivity contribution in [1.82, 2.24) is 25.8 Å². The summed E-state index contributed by atoms with van der Waals surface area (Å²) in [6.45, 7) is 17.7. The number of nitrogens with zero attached hydrogens (tertiary/aromatic N) is 2. The standard InChI is InChI=1S/C30H45N5O4S/c1-7-20(5)25(17-31-29(37)21(6)18-35-11-13-39-14-12-35)34-30(38)24(32-27(36)8-2)16-28-33-23-10-9-22(19(3)4)15-26(23)40-28/h9-10,15,19-20,24-25H,6-8,11-14,16-18H2,1-5H3,(H,31,37)(H,32,36)(H,34,38)/t20-,24-,25+/m0/s1. The van der Waals surface area contributed by atoms with Crippen molar-refractivity contribution in [2.45, 2.75) is 71.9 Å². The normalized spacial score (nSPS) is 16.4. The van der Waals surface area contributed by atoms with Gasteiger partial charge in [-0.2, -0.15) is 0 Å². The van der Waals surface area contributed by atoms with E-state index in [1.165, 1.54) is 5.56 Å². The van der Waals surface area contributed by atoms with Crippen LogP contribution in [0.25, 0.3) is 10.2 Å². The van der Waals surface area contributed by atoms with Crippen LogP contribution in [-0.4, -0.2) is 79.1 Å². The molecule has 0 spiro atoms. The lowest BCUT2D eigenvalue weighted by atomic mass is 9.98. The fourth-order valence-electron chi connectivity index (χ4n) is 4.51. The minimum absolute atomic E-state index is 0.108. The molecule has 0 aliphatic carbocycles. The van der Waals surface area contributed by atoms with Gasteiger partial charge in [-0.1, -0.05) is 53.7 Å². The van der Waals surface area contributed by atoms with E-state index in [2.05, 4.69) is 53.4 Å². The summed E-state index contributed by atoms with van der Waals surface area (Å²) in [5.41, 5.74) is 2.62. The lowest BCUT2D eigenvalue weighted by molar-refractivity contribution is -0.129. The van der Waals surface area contributed by atoms with Crippen LogP contribution >= 0.6 is 11.3 Å². The average Bonchev–Trinajstić information content (AvgIpc) is 3.36. The number of thiazole rings is 1. The summed E-state index contributed by atoms with van der Waals surface area (Å²) in [6, 6.07) is 5.17. The second-order valence-corrected chi connectivity index (χ2v) is 12.0. The number of morpholine rings is 1. The Kier molecular flexibility index (Phi) is 12.1. The summed E-state index contributed by atoms with van der Waals surface area (Å²) in [5, 5.41) is 9.73. The van der Waals surface area contributed by atoms with E-state index in [-0.39, 0.29) is 42.6 Å². The maximum atomic E-state index is 13.5. The predicted octanol–water partition coefficient (Wildman–Crippen LogP) is 3.39. The van der Waals surface area contributed by atoms with Crippen LogP contribution in [0.4, 0.5) is 0 Å². The highest BCUT2D eigenvalue weighted by Gasteiger charge is 2.27. The molecule has 0 radical (unpaired) electrons. The molecule has 0 bridgehead atoms. The topological polar surface area (TPSA) is 113 Å². The summed E-state index contributed by atoms with van der Waals surface area (Å²) in [6.07, 6.45) is 1.39. The zero-order valence-electron chi connectivity index (χ0n) is 24.5. The summed E-state index contributed by atoms with van der Waals surface area (Å²) >= 11 is 1.55. The van der Waals surface area contributed by atoms with Gasteiger partial charge in [0, 0.05) is 50.6 Å². The first-order valence-electron chi connectivity index (χ1n) is 14.4. The highest BCUT2D eigenvalue weighted by molar-refractivity contribution is 7.18. The van der Waals surface area contributed by atoms with E-state index in [4.69, 9.17) is 9.72 Å². The van der Waals surface area contributed by atoms with E-state index in [9.17, 15) is 14.4 Å². The van der Waals surface area contributed by atoms with E-state index in [0.29, 0.717) is 37.7 Å². The van der Waals surface area contributed by atoms with Crippen LogP contribution in [0.2, 0.25) is 0 Å². The van der Waals surface area contributed by atoms with Gasteiger partial charge >= 0.3 is 0 Å². The monoisotopic (exact) mass is 571 g/mol. The fraction of sp³-hybridized carbons (Fsp3) is 0.600. The van der Waals surface area contributed by atoms with Gasteiger partial charge in [-0.05, 0) is 29.5 Å². The molecule has 9 nitrogen and oxygen atoms in total. The van der Waals surface area contributed by atoms with Crippen molar-refractivity contribution in [3.63, 3.8) is 0 Å². The number of amides is 3. The van der Waals surface area contributed by atoms with Crippen LogP contribution in [0.5, 0.6) is 0 Å². The van der Waals surface area contributed by atoms with E-state index in [0.717, 1.165) is 34.7 Å². The number of ether oxygens (including phenoxy) is 1. The van der Waals surface area contributed by atoms with Crippen LogP contribution < -0.4 is 16.0 Å². The first-order chi connectivity index (χ1) is 19.1. The number of aromatic nitrogens is 1. The number of hydrogen-bond acceptors (Lipinski definition) is 7. The largest absolute Gasteiger partial charge is 0.379 e. The van der Waals surface area contributed by atoms with Crippen molar-refractivity contribution < 1.29 is 19.1 Å². The Morgan fingerprint density at radius 2 is 1.85 bits per heavy atom. The molecule has 1 aliphatic rings. The molecule has 1 aromatic carbocycles. The van der Waals surface area contributed by atoms with Gasteiger partial charge in [0.05, 0.1) is 28.4 Å². The molecule has 2 heterocycles. The molecule has 1 aliphatic heterocycles. The molecule has 220 valence electrons. The Morgan fingerprint density at radius 3 is 2.50 bits per heavy atom. The second kappa shape index (κ2) is 15.3. The molecule has 3 rings (SSSR count). The van der Waals surface area contributed by atoms with Gasteiger partial charge < -0.3 is 20.7 Å². The van der Waals surface area contributed by atoms with Gasteiger partial charge in [-0.25, -0.2) is 4.98 Å². The molecule has 40 heavy (non-hydrogen) atoms. The Morgan fingerprint density at radius 1 is 1.12 bits per heavy atom. The molecular formula is C30H45N5O4S. The zero-order valence-corrected chi connectivity index (χ0v) is 25.4. The lowest BCUT2D eigenvalue weighted by Gasteiger charge is -2.28. The Bertz CT molecular complexity index is 1170. The minimum Gasteiger partial charge on any atom is -0.379 e. The molecule has 1 aromatic heterocycles. The number of fused-ring (bicyclic) bond motifs is 1. The van der Waals surface area contributed by atoms with E-state index in [1.807, 2.05) is 19.9 Å². The van der Waals surface area contributed by atoms with Crippen molar-refractivity contribution in [3.05, 3.63) is 40.9 Å². The Labute approximate surface area is 242 Å². The van der Waals surface area contributed by atoms with Crippen molar-refractivity contribution >= 4 is 39.3 Å². The third-order valence-corrected chi connectivity index (χ3v) is 8.50. The molecule has 10 heteroatoms. The lowest BCUT2D eigenvalue weighted by Crippen LogP contribution is -2.54. The molecule has 1 saturated heterocycles. The number of benzene rings is 1. The van der Waals surface area contributed by atoms with Crippen molar-refractivity contribution in [2.24, 2.45) is 5.92 Å². The first-order valence-corrected chi connectivity index (χ1v) is 15.2. The fourth-order valence-corrected chi connectivity index (χ4v) is 5.57. The molecule has 0 unspecified atom stereocenters. The van der Waals surface area contributed by atoms with E-state index in [1.54, 1.807) is 18.3 Å². The third kappa shape index (κ3) is 9.11. The SMILES string of the molecule is C=C(CN1CCOCC1)C(=O)NC[C@@H](NC(=O)[C@H](Cc1nc2ccc(C(C)C)cc2s1)NC(=O)CC)[C@@H](C)CC. The van der Waals surface area contributed by atoms with Crippen molar-refractivity contribution in [1.29, 1.82) is 0 Å². The molecule has 3 atom stereocenters. The molecule has 1 fully saturated rings. The zero-order chi connectivity index (χ0) is 29.2. The Balaban J connectivity index is 1.67. The van der Waals surface area contributed by atoms with E-state index < -0.39 is 6.04 Å². The van der Waals surface area contributed by atoms with E-state index >= 15 is 0 Å². The average molecular weight is 572 g/mol. The molecule has 3 N–H and O–H groups in total. The van der Waals surface area contributed by atoms with Gasteiger partial charge in [0.1, 0.15) is 6.04 Å². The van der Waals surface area contributed by atoms with Crippen LogP contribution in [0.1, 0.15) is 63.9 Å². The maximum absolute atomic E-state index is 13.5.